The monoisotopic (exact) mass is 400 g/mol. The van der Waals surface area contributed by atoms with Gasteiger partial charge in [0.1, 0.15) is 12.4 Å². The fraction of sp³-hybridized carbons (Fsp3) is 0.105. The van der Waals surface area contributed by atoms with Crippen molar-refractivity contribution in [3.8, 4) is 11.4 Å². The van der Waals surface area contributed by atoms with Crippen LogP contribution in [-0.2, 0) is 12.9 Å². The van der Waals surface area contributed by atoms with Crippen LogP contribution in [-0.4, -0.2) is 24.9 Å². The summed E-state index contributed by atoms with van der Waals surface area (Å²) < 4.78 is 52.4. The average molecular weight is 400 g/mol. The third-order valence-electron chi connectivity index (χ3n) is 4.07. The molecule has 0 unspecified atom stereocenters. The Balaban J connectivity index is 1.73. The molecule has 1 N–H and O–H groups in total. The van der Waals surface area contributed by atoms with Gasteiger partial charge >= 0.3 is 6.18 Å². The van der Waals surface area contributed by atoms with Crippen LogP contribution in [0.15, 0.2) is 55.1 Å². The largest absolute Gasteiger partial charge is 0.418 e. The minimum atomic E-state index is -4.56. The number of hydrogen-bond donors (Lipinski definition) is 1. The Morgan fingerprint density at radius 1 is 0.897 bits per heavy atom. The summed E-state index contributed by atoms with van der Waals surface area (Å²) in [6, 6.07) is 6.87. The van der Waals surface area contributed by atoms with E-state index >= 15 is 0 Å². The van der Waals surface area contributed by atoms with Crippen molar-refractivity contribution in [2.24, 2.45) is 0 Å². The van der Waals surface area contributed by atoms with Gasteiger partial charge in [0.15, 0.2) is 5.65 Å². The number of nitrogens with zero attached hydrogens (tertiary/aromatic N) is 5. The minimum Gasteiger partial charge on any atom is -0.323 e. The second kappa shape index (κ2) is 7.38. The van der Waals surface area contributed by atoms with Crippen LogP contribution >= 0.6 is 0 Å². The molecule has 0 amide bonds. The van der Waals surface area contributed by atoms with Crippen molar-refractivity contribution in [1.29, 1.82) is 0 Å². The first-order valence-electron chi connectivity index (χ1n) is 8.38. The van der Waals surface area contributed by atoms with E-state index in [-0.39, 0.29) is 23.0 Å². The Bertz CT molecular complexity index is 1160. The van der Waals surface area contributed by atoms with Gasteiger partial charge in [-0.1, -0.05) is 0 Å². The van der Waals surface area contributed by atoms with Crippen molar-refractivity contribution in [3.05, 3.63) is 66.2 Å². The third-order valence-corrected chi connectivity index (χ3v) is 4.07. The van der Waals surface area contributed by atoms with Gasteiger partial charge in [0.2, 0.25) is 5.95 Å². The van der Waals surface area contributed by atoms with Gasteiger partial charge in [-0.3, -0.25) is 4.98 Å². The maximum Gasteiger partial charge on any atom is 0.418 e. The second-order valence-electron chi connectivity index (χ2n) is 6.00. The van der Waals surface area contributed by atoms with Crippen LogP contribution in [0.3, 0.4) is 0 Å². The van der Waals surface area contributed by atoms with Crippen molar-refractivity contribution in [3.63, 3.8) is 0 Å². The number of aromatic nitrogens is 5. The van der Waals surface area contributed by atoms with Crippen molar-refractivity contribution in [1.82, 2.24) is 24.9 Å². The number of anilines is 2. The quantitative estimate of drug-likeness (QED) is 0.500. The van der Waals surface area contributed by atoms with Gasteiger partial charge in [0.25, 0.3) is 0 Å². The molecule has 0 aromatic carbocycles. The summed E-state index contributed by atoms with van der Waals surface area (Å²) in [6.07, 6.45) is 0.893. The van der Waals surface area contributed by atoms with Crippen LogP contribution in [0, 0.1) is 0 Å². The molecule has 0 saturated heterocycles. The number of fused-ring (bicyclic) bond motifs is 1. The number of hydrogen-bond acceptors (Lipinski definition) is 6. The lowest BCUT2D eigenvalue weighted by Crippen LogP contribution is -2.08. The Morgan fingerprint density at radius 2 is 1.69 bits per heavy atom. The highest BCUT2D eigenvalue weighted by atomic mass is 19.4. The Labute approximate surface area is 161 Å². The Kier molecular flexibility index (Phi) is 4.75. The van der Waals surface area contributed by atoms with Crippen molar-refractivity contribution in [2.75, 3.05) is 5.32 Å². The highest BCUT2D eigenvalue weighted by Gasteiger charge is 2.34. The molecule has 0 fully saturated rings. The molecule has 0 spiro atoms. The zero-order valence-electron chi connectivity index (χ0n) is 14.7. The Hall–Kier alpha value is -3.69. The highest BCUT2D eigenvalue weighted by molar-refractivity contribution is 5.91. The molecule has 0 bridgehead atoms. The molecule has 0 saturated carbocycles. The molecule has 4 aromatic heterocycles. The molecule has 0 radical (unpaired) electrons. The molecule has 4 heterocycles. The van der Waals surface area contributed by atoms with Crippen molar-refractivity contribution < 1.29 is 17.6 Å². The molecule has 10 heteroatoms. The molecule has 29 heavy (non-hydrogen) atoms. The number of nitrogens with one attached hydrogen (secondary N) is 1. The van der Waals surface area contributed by atoms with E-state index in [1.165, 1.54) is 36.9 Å². The molecular weight excluding hydrogens is 388 g/mol. The van der Waals surface area contributed by atoms with E-state index < -0.39 is 18.4 Å². The smallest absolute Gasteiger partial charge is 0.323 e. The summed E-state index contributed by atoms with van der Waals surface area (Å²) in [5.41, 5.74) is 0.0383. The van der Waals surface area contributed by atoms with Gasteiger partial charge in [-0.2, -0.15) is 13.2 Å². The molecule has 6 nitrogen and oxygen atoms in total. The van der Waals surface area contributed by atoms with Crippen molar-refractivity contribution in [2.45, 2.75) is 12.9 Å². The SMILES string of the molecule is FCc1cnc(Nc2ccnc3nc(-c4ncccc4C(F)(F)F)ccc23)nc1. The van der Waals surface area contributed by atoms with Gasteiger partial charge < -0.3 is 5.32 Å². The summed E-state index contributed by atoms with van der Waals surface area (Å²) in [5, 5.41) is 3.53. The standard InChI is InChI=1S/C19H12F4N6/c20-8-11-9-26-18(27-10-11)29-14-5-7-25-17-12(14)3-4-15(28-17)16-13(19(21,22)23)2-1-6-24-16/h1-7,9-10H,8H2,(H,25,26,27,28,29). The first-order chi connectivity index (χ1) is 14.0. The molecule has 4 rings (SSSR count). The maximum absolute atomic E-state index is 13.3. The summed E-state index contributed by atoms with van der Waals surface area (Å²) in [7, 11) is 0. The topological polar surface area (TPSA) is 76.5 Å². The van der Waals surface area contributed by atoms with E-state index in [0.29, 0.717) is 16.6 Å². The van der Waals surface area contributed by atoms with Crippen LogP contribution in [0.5, 0.6) is 0 Å². The van der Waals surface area contributed by atoms with Gasteiger partial charge in [0, 0.05) is 35.7 Å². The van der Waals surface area contributed by atoms with Gasteiger partial charge in [-0.05, 0) is 30.3 Å². The number of halogens is 4. The highest BCUT2D eigenvalue weighted by Crippen LogP contribution is 2.35. The molecule has 0 aliphatic carbocycles. The average Bonchev–Trinajstić information content (AvgIpc) is 2.73. The van der Waals surface area contributed by atoms with Crippen LogP contribution in [0.25, 0.3) is 22.4 Å². The molecule has 0 aliphatic rings. The third kappa shape index (κ3) is 3.82. The molecule has 4 aromatic rings. The lowest BCUT2D eigenvalue weighted by Gasteiger charge is -2.12. The van der Waals surface area contributed by atoms with Crippen molar-refractivity contribution >= 4 is 22.7 Å². The first-order valence-corrected chi connectivity index (χ1v) is 8.38. The zero-order valence-corrected chi connectivity index (χ0v) is 14.7. The van der Waals surface area contributed by atoms with Crippen LogP contribution in [0.2, 0.25) is 0 Å². The fourth-order valence-electron chi connectivity index (χ4n) is 2.72. The van der Waals surface area contributed by atoms with E-state index in [1.54, 1.807) is 12.1 Å². The Morgan fingerprint density at radius 3 is 2.41 bits per heavy atom. The van der Waals surface area contributed by atoms with E-state index in [1.807, 2.05) is 0 Å². The van der Waals surface area contributed by atoms with Gasteiger partial charge in [-0.25, -0.2) is 24.3 Å². The van der Waals surface area contributed by atoms with Gasteiger partial charge in [-0.15, -0.1) is 0 Å². The summed E-state index contributed by atoms with van der Waals surface area (Å²) in [4.78, 5) is 20.3. The molecule has 0 aliphatic heterocycles. The predicted molar refractivity (Wildman–Crippen MR) is 97.9 cm³/mol. The van der Waals surface area contributed by atoms with Crippen LogP contribution in [0.1, 0.15) is 11.1 Å². The summed E-state index contributed by atoms with van der Waals surface area (Å²) >= 11 is 0. The fourth-order valence-corrected chi connectivity index (χ4v) is 2.72. The second-order valence-corrected chi connectivity index (χ2v) is 6.00. The molecular formula is C19H12F4N6. The van der Waals surface area contributed by atoms with E-state index in [9.17, 15) is 17.6 Å². The lowest BCUT2D eigenvalue weighted by molar-refractivity contribution is -0.137. The summed E-state index contributed by atoms with van der Waals surface area (Å²) in [5.74, 6) is 0.239. The van der Waals surface area contributed by atoms with Crippen LogP contribution in [0.4, 0.5) is 29.2 Å². The van der Waals surface area contributed by atoms with E-state index in [4.69, 9.17) is 0 Å². The van der Waals surface area contributed by atoms with Crippen LogP contribution < -0.4 is 5.32 Å². The lowest BCUT2D eigenvalue weighted by atomic mass is 10.1. The molecule has 0 atom stereocenters. The normalized spacial score (nSPS) is 11.6. The first kappa shape index (κ1) is 18.7. The van der Waals surface area contributed by atoms with Gasteiger partial charge in [0.05, 0.1) is 16.9 Å². The molecule has 146 valence electrons. The maximum atomic E-state index is 13.3. The number of pyridine rings is 3. The zero-order chi connectivity index (χ0) is 20.4. The van der Waals surface area contributed by atoms with E-state index in [0.717, 1.165) is 6.07 Å². The van der Waals surface area contributed by atoms with E-state index in [2.05, 4.69) is 30.2 Å². The predicted octanol–water partition coefficient (Wildman–Crippen LogP) is 4.71. The number of alkyl halides is 4. The summed E-state index contributed by atoms with van der Waals surface area (Å²) in [6.45, 7) is -0.668. The number of rotatable bonds is 4. The minimum absolute atomic E-state index is 0.0543.